The molecule has 1 aromatic carbocycles. The van der Waals surface area contributed by atoms with E-state index in [9.17, 15) is 13.2 Å². The van der Waals surface area contributed by atoms with E-state index in [4.69, 9.17) is 0 Å². The Labute approximate surface area is 152 Å². The van der Waals surface area contributed by atoms with E-state index in [0.29, 0.717) is 11.1 Å². The van der Waals surface area contributed by atoms with Crippen molar-refractivity contribution in [2.24, 2.45) is 0 Å². The molecule has 1 aliphatic carbocycles. The standard InChI is InChI=1S/C18H22N2O3S2/c1-12-19-15-8-5-9-16(17(15)24-12)20(2)18(21)14-7-4-6-13(10-14)11-25(3,22)23/h4,6-7,10,16H,5,8-9,11H2,1-3H3. The molecule has 0 saturated carbocycles. The van der Waals surface area contributed by atoms with E-state index >= 15 is 0 Å². The molecule has 0 spiro atoms. The van der Waals surface area contributed by atoms with Gasteiger partial charge in [0.05, 0.1) is 27.4 Å². The van der Waals surface area contributed by atoms with Crippen molar-refractivity contribution >= 4 is 27.1 Å². The Hall–Kier alpha value is -1.73. The topological polar surface area (TPSA) is 67.3 Å². The van der Waals surface area contributed by atoms with Crippen molar-refractivity contribution in [1.82, 2.24) is 9.88 Å². The number of sulfone groups is 1. The van der Waals surface area contributed by atoms with Gasteiger partial charge in [-0.15, -0.1) is 11.3 Å². The van der Waals surface area contributed by atoms with Gasteiger partial charge in [-0.25, -0.2) is 13.4 Å². The lowest BCUT2D eigenvalue weighted by molar-refractivity contribution is 0.0718. The molecule has 0 bridgehead atoms. The summed E-state index contributed by atoms with van der Waals surface area (Å²) < 4.78 is 23.0. The number of rotatable bonds is 4. The monoisotopic (exact) mass is 378 g/mol. The molecular weight excluding hydrogens is 356 g/mol. The zero-order chi connectivity index (χ0) is 18.2. The molecule has 0 N–H and O–H groups in total. The number of hydrogen-bond donors (Lipinski definition) is 0. The first-order valence-corrected chi connectivity index (χ1v) is 11.1. The molecule has 25 heavy (non-hydrogen) atoms. The molecule has 1 amide bonds. The first kappa shape index (κ1) is 18.1. The predicted molar refractivity (Wildman–Crippen MR) is 99.6 cm³/mol. The summed E-state index contributed by atoms with van der Waals surface area (Å²) in [5.74, 6) is -0.140. The molecule has 0 fully saturated rings. The second-order valence-electron chi connectivity index (χ2n) is 6.64. The third-order valence-corrected chi connectivity index (χ3v) is 6.39. The number of thiazole rings is 1. The molecule has 0 aliphatic heterocycles. The largest absolute Gasteiger partial charge is 0.334 e. The van der Waals surface area contributed by atoms with E-state index in [1.54, 1.807) is 40.5 Å². The Bertz CT molecular complexity index is 903. The minimum Gasteiger partial charge on any atom is -0.334 e. The van der Waals surface area contributed by atoms with Crippen LogP contribution < -0.4 is 0 Å². The van der Waals surface area contributed by atoms with Gasteiger partial charge in [-0.3, -0.25) is 4.79 Å². The summed E-state index contributed by atoms with van der Waals surface area (Å²) in [6.45, 7) is 2.00. The van der Waals surface area contributed by atoms with Gasteiger partial charge in [-0.05, 0) is 43.9 Å². The maximum atomic E-state index is 12.9. The number of benzene rings is 1. The van der Waals surface area contributed by atoms with Crippen LogP contribution in [0.2, 0.25) is 0 Å². The number of aromatic nitrogens is 1. The molecule has 0 radical (unpaired) electrons. The number of hydrogen-bond acceptors (Lipinski definition) is 5. The predicted octanol–water partition coefficient (Wildman–Crippen LogP) is 3.15. The average molecular weight is 379 g/mol. The van der Waals surface area contributed by atoms with Crippen LogP contribution in [-0.2, 0) is 22.0 Å². The minimum atomic E-state index is -3.13. The van der Waals surface area contributed by atoms with E-state index in [-0.39, 0.29) is 17.7 Å². The van der Waals surface area contributed by atoms with Gasteiger partial charge in [0, 0.05) is 18.9 Å². The molecule has 7 heteroatoms. The molecule has 3 rings (SSSR count). The molecule has 5 nitrogen and oxygen atoms in total. The number of fused-ring (bicyclic) bond motifs is 1. The minimum absolute atomic E-state index is 0.0426. The molecule has 1 atom stereocenters. The van der Waals surface area contributed by atoms with Crippen LogP contribution in [0.3, 0.4) is 0 Å². The average Bonchev–Trinajstić information content (AvgIpc) is 2.92. The third kappa shape index (κ3) is 4.10. The highest BCUT2D eigenvalue weighted by Crippen LogP contribution is 2.37. The van der Waals surface area contributed by atoms with Crippen molar-refractivity contribution in [1.29, 1.82) is 0 Å². The number of carbonyl (C=O) groups is 1. The summed E-state index contributed by atoms with van der Waals surface area (Å²) in [5.41, 5.74) is 2.28. The van der Waals surface area contributed by atoms with E-state index in [2.05, 4.69) is 4.98 Å². The lowest BCUT2D eigenvalue weighted by Gasteiger charge is -2.30. The van der Waals surface area contributed by atoms with Gasteiger partial charge in [0.15, 0.2) is 9.84 Å². The van der Waals surface area contributed by atoms with Crippen molar-refractivity contribution in [3.8, 4) is 0 Å². The van der Waals surface area contributed by atoms with E-state index < -0.39 is 9.84 Å². The van der Waals surface area contributed by atoms with Crippen molar-refractivity contribution in [2.75, 3.05) is 13.3 Å². The van der Waals surface area contributed by atoms with Crippen LogP contribution in [0.4, 0.5) is 0 Å². The summed E-state index contributed by atoms with van der Waals surface area (Å²) in [7, 11) is -1.31. The maximum Gasteiger partial charge on any atom is 0.254 e. The van der Waals surface area contributed by atoms with Gasteiger partial charge in [-0.2, -0.15) is 0 Å². The summed E-state index contributed by atoms with van der Waals surface area (Å²) in [4.78, 5) is 20.5. The van der Waals surface area contributed by atoms with E-state index in [1.807, 2.05) is 14.0 Å². The Morgan fingerprint density at radius 2 is 2.16 bits per heavy atom. The molecule has 0 saturated heterocycles. The van der Waals surface area contributed by atoms with Crippen molar-refractivity contribution in [3.63, 3.8) is 0 Å². The van der Waals surface area contributed by atoms with E-state index in [1.165, 1.54) is 11.1 Å². The Morgan fingerprint density at radius 1 is 1.40 bits per heavy atom. The Balaban J connectivity index is 1.85. The summed E-state index contributed by atoms with van der Waals surface area (Å²) in [5, 5.41) is 1.04. The summed E-state index contributed by atoms with van der Waals surface area (Å²) >= 11 is 1.67. The third-order valence-electron chi connectivity index (χ3n) is 4.42. The van der Waals surface area contributed by atoms with Crippen molar-refractivity contribution in [2.45, 2.75) is 38.0 Å². The number of carbonyl (C=O) groups excluding carboxylic acids is 1. The summed E-state index contributed by atoms with van der Waals surface area (Å²) in [6.07, 6.45) is 4.12. The SMILES string of the molecule is Cc1nc2c(s1)C(N(C)C(=O)c1cccc(CS(C)(=O)=O)c1)CCC2. The fourth-order valence-corrected chi connectivity index (χ4v) is 5.27. The lowest BCUT2D eigenvalue weighted by atomic mass is 9.96. The van der Waals surface area contributed by atoms with Crippen LogP contribution in [0.25, 0.3) is 0 Å². The zero-order valence-electron chi connectivity index (χ0n) is 14.7. The van der Waals surface area contributed by atoms with Crippen LogP contribution in [0, 0.1) is 6.92 Å². The van der Waals surface area contributed by atoms with Crippen LogP contribution >= 0.6 is 11.3 Å². The summed E-state index contributed by atoms with van der Waals surface area (Å²) in [6, 6.07) is 6.95. The molecule has 2 aromatic rings. The second-order valence-corrected chi connectivity index (χ2v) is 10.0. The molecule has 1 aliphatic rings. The van der Waals surface area contributed by atoms with Crippen molar-refractivity contribution in [3.05, 3.63) is 51.0 Å². The molecule has 1 unspecified atom stereocenters. The maximum absolute atomic E-state index is 12.9. The highest BCUT2D eigenvalue weighted by atomic mass is 32.2. The number of nitrogens with zero attached hydrogens (tertiary/aromatic N) is 2. The van der Waals surface area contributed by atoms with Gasteiger partial charge < -0.3 is 4.90 Å². The number of amides is 1. The Morgan fingerprint density at radius 3 is 2.88 bits per heavy atom. The van der Waals surface area contributed by atoms with Crippen LogP contribution in [0.15, 0.2) is 24.3 Å². The van der Waals surface area contributed by atoms with Gasteiger partial charge in [0.25, 0.3) is 5.91 Å². The van der Waals surface area contributed by atoms with Crippen LogP contribution in [-0.4, -0.2) is 37.5 Å². The second kappa shape index (κ2) is 6.88. The first-order chi connectivity index (χ1) is 11.7. The molecular formula is C18H22N2O3S2. The van der Waals surface area contributed by atoms with Gasteiger partial charge in [-0.1, -0.05) is 12.1 Å². The zero-order valence-corrected chi connectivity index (χ0v) is 16.3. The van der Waals surface area contributed by atoms with Gasteiger partial charge >= 0.3 is 0 Å². The lowest BCUT2D eigenvalue weighted by Crippen LogP contribution is -2.32. The highest BCUT2D eigenvalue weighted by Gasteiger charge is 2.30. The van der Waals surface area contributed by atoms with Crippen molar-refractivity contribution < 1.29 is 13.2 Å². The smallest absolute Gasteiger partial charge is 0.254 e. The van der Waals surface area contributed by atoms with Gasteiger partial charge in [0.1, 0.15) is 0 Å². The molecule has 134 valence electrons. The quantitative estimate of drug-likeness (QED) is 0.820. The first-order valence-electron chi connectivity index (χ1n) is 8.24. The van der Waals surface area contributed by atoms with Crippen LogP contribution in [0.5, 0.6) is 0 Å². The van der Waals surface area contributed by atoms with Crippen LogP contribution in [0.1, 0.15) is 50.4 Å². The number of aryl methyl sites for hydroxylation is 2. The normalized spacial score (nSPS) is 17.2. The van der Waals surface area contributed by atoms with E-state index in [0.717, 1.165) is 30.0 Å². The fourth-order valence-electron chi connectivity index (χ4n) is 3.33. The fraction of sp³-hybridized carbons (Fsp3) is 0.444. The van der Waals surface area contributed by atoms with Gasteiger partial charge in [0.2, 0.25) is 0 Å². The molecule has 1 aromatic heterocycles. The molecule has 1 heterocycles. The highest BCUT2D eigenvalue weighted by molar-refractivity contribution is 7.89. The Kier molecular flexibility index (Phi) is 4.97.